The fourth-order valence-corrected chi connectivity index (χ4v) is 16.8. The molecule has 0 aliphatic heterocycles. The van der Waals surface area contributed by atoms with E-state index in [0.717, 1.165) is 12.3 Å². The van der Waals surface area contributed by atoms with Crippen molar-refractivity contribution < 1.29 is 34.6 Å². The lowest BCUT2D eigenvalue weighted by Gasteiger charge is -2.27. The average molecular weight is 899 g/mol. The van der Waals surface area contributed by atoms with Gasteiger partial charge in [-0.15, -0.1) is 3.63 Å². The maximum atomic E-state index is 9.68. The molecule has 0 aromatic heterocycles. The molecule has 0 spiro atoms. The van der Waals surface area contributed by atoms with Crippen LogP contribution in [-0.4, -0.2) is 21.4 Å². The van der Waals surface area contributed by atoms with Gasteiger partial charge in [-0.1, -0.05) is 170 Å². The monoisotopic (exact) mass is 898 g/mol. The van der Waals surface area contributed by atoms with E-state index in [0.29, 0.717) is 0 Å². The molecule has 0 fully saturated rings. The van der Waals surface area contributed by atoms with Crippen molar-refractivity contribution in [2.75, 3.05) is 0 Å². The summed E-state index contributed by atoms with van der Waals surface area (Å²) in [5.41, 5.74) is 2.77. The second kappa shape index (κ2) is 21.9. The van der Waals surface area contributed by atoms with Crippen molar-refractivity contribution in [2.24, 2.45) is 0 Å². The van der Waals surface area contributed by atoms with Gasteiger partial charge in [-0.25, -0.2) is 8.42 Å². The summed E-state index contributed by atoms with van der Waals surface area (Å²) in [6, 6.07) is 88.1. The summed E-state index contributed by atoms with van der Waals surface area (Å²) >= 11 is 0. The Kier molecular flexibility index (Phi) is 16.2. The predicted molar refractivity (Wildman–Crippen MR) is 251 cm³/mol. The van der Waals surface area contributed by atoms with Crippen molar-refractivity contribution in [1.82, 2.24) is 0 Å². The molecule has 0 unspecified atom stereocenters. The smallest absolute Gasteiger partial charge is 0.405 e. The minimum absolute atomic E-state index is 1.03. The summed E-state index contributed by atoms with van der Waals surface area (Å²) in [7, 11) is -14.2. The molecule has 0 bridgehead atoms. The van der Waals surface area contributed by atoms with Crippen LogP contribution in [0.2, 0.25) is 0 Å². The van der Waals surface area contributed by atoms with Gasteiger partial charge in [0, 0.05) is 0 Å². The SMILES string of the molecule is O=S(=O)([O-])OS(=O)(=O)O[O-].c1ccc(C[P+](c2ccccc2)(c2ccccc2)c2ccccc2)cc1.c1ccc(C[P+](c2ccccc2)(c2ccccc2)c2ccccc2)cc1. The first-order valence-electron chi connectivity index (χ1n) is 19.5. The number of hydrogen-bond acceptors (Lipinski definition) is 8. The third-order valence-corrected chi connectivity index (χ3v) is 20.2. The summed E-state index contributed by atoms with van der Waals surface area (Å²) in [6.45, 7) is 0. The molecule has 314 valence electrons. The Bertz CT molecular complexity index is 2400. The molecule has 8 nitrogen and oxygen atoms in total. The van der Waals surface area contributed by atoms with Crippen LogP contribution >= 0.6 is 14.5 Å². The van der Waals surface area contributed by atoms with Gasteiger partial charge in [-0.3, -0.25) is 0 Å². The largest absolute Gasteiger partial charge is 0.725 e. The van der Waals surface area contributed by atoms with E-state index in [9.17, 15) is 21.4 Å². The van der Waals surface area contributed by atoms with Gasteiger partial charge in [0.25, 0.3) is 0 Å². The minimum Gasteiger partial charge on any atom is -0.725 e. The zero-order valence-electron chi connectivity index (χ0n) is 33.5. The van der Waals surface area contributed by atoms with Crippen LogP contribution in [0.4, 0.5) is 0 Å². The van der Waals surface area contributed by atoms with Gasteiger partial charge >= 0.3 is 10.4 Å². The first-order valence-corrected chi connectivity index (χ1v) is 26.1. The van der Waals surface area contributed by atoms with Gasteiger partial charge < -0.3 is 14.1 Å². The van der Waals surface area contributed by atoms with Crippen LogP contribution in [0.3, 0.4) is 0 Å². The lowest BCUT2D eigenvalue weighted by Crippen LogP contribution is -2.32. The Morgan fingerprint density at radius 1 is 0.339 bits per heavy atom. The van der Waals surface area contributed by atoms with E-state index in [4.69, 9.17) is 5.26 Å². The van der Waals surface area contributed by atoms with Crippen molar-refractivity contribution in [3.63, 3.8) is 0 Å². The second-order valence-electron chi connectivity index (χ2n) is 13.9. The second-order valence-corrected chi connectivity index (χ2v) is 23.2. The molecule has 0 N–H and O–H groups in total. The molecule has 0 aliphatic rings. The fraction of sp³-hybridized carbons (Fsp3) is 0.0400. The topological polar surface area (TPSA) is 133 Å². The van der Waals surface area contributed by atoms with E-state index in [2.05, 4.69) is 251 Å². The van der Waals surface area contributed by atoms with Crippen molar-refractivity contribution in [2.45, 2.75) is 12.3 Å². The summed E-state index contributed by atoms with van der Waals surface area (Å²) in [4.78, 5) is 0. The van der Waals surface area contributed by atoms with E-state index in [-0.39, 0.29) is 0 Å². The summed E-state index contributed by atoms with van der Waals surface area (Å²) in [5, 5.41) is 17.6. The molecule has 8 rings (SSSR count). The Hall–Kier alpha value is -5.64. The summed E-state index contributed by atoms with van der Waals surface area (Å²) in [6.07, 6.45) is 2.07. The Morgan fingerprint density at radius 3 is 0.694 bits per heavy atom. The standard InChI is InChI=1S/2C25H22P.H2O8S2/c2*1-5-13-22(14-6-1)21-26(23-15-7-2-8-16-23,24-17-9-3-10-18-24)25-19-11-4-12-20-25;1-7-10(5,6)8-9(2,3)4/h2*1-20H,21H2;1H,(H,2,3,4)/q2*+1;/p-2. The predicted octanol–water partition coefficient (Wildman–Crippen LogP) is 7.36. The van der Waals surface area contributed by atoms with Crippen molar-refractivity contribution in [3.05, 3.63) is 254 Å². The number of rotatable bonds is 13. The number of benzene rings is 8. The molecular weight excluding hydrogens is 855 g/mol. The zero-order chi connectivity index (χ0) is 43.7. The highest BCUT2D eigenvalue weighted by atomic mass is 32.3. The zero-order valence-corrected chi connectivity index (χ0v) is 36.9. The normalized spacial score (nSPS) is 11.6. The van der Waals surface area contributed by atoms with E-state index in [1.807, 2.05) is 0 Å². The molecule has 0 aliphatic carbocycles. The van der Waals surface area contributed by atoms with Crippen LogP contribution in [0, 0.1) is 0 Å². The van der Waals surface area contributed by atoms with Gasteiger partial charge in [0.2, 0.25) is 10.4 Å². The average Bonchev–Trinajstić information content (AvgIpc) is 3.32. The fourth-order valence-electron chi connectivity index (χ4n) is 7.36. The molecule has 62 heavy (non-hydrogen) atoms. The highest BCUT2D eigenvalue weighted by Crippen LogP contribution is 2.59. The van der Waals surface area contributed by atoms with Gasteiger partial charge in [0.15, 0.2) is 0 Å². The first-order chi connectivity index (χ1) is 30.1. The molecule has 0 atom stereocenters. The van der Waals surface area contributed by atoms with Crippen LogP contribution in [0.25, 0.3) is 0 Å². The maximum Gasteiger partial charge on any atom is 0.405 e. The molecule has 12 heteroatoms. The molecular formula is C50H44O8P2S2. The quantitative estimate of drug-likeness (QED) is 0.0386. The third-order valence-electron chi connectivity index (χ3n) is 9.96. The van der Waals surface area contributed by atoms with Gasteiger partial charge in [0.05, 0.1) is 12.3 Å². The highest BCUT2D eigenvalue weighted by Gasteiger charge is 2.46. The Balaban J connectivity index is 0.000000171. The third kappa shape index (κ3) is 12.0. The molecule has 0 saturated heterocycles. The van der Waals surface area contributed by atoms with Crippen LogP contribution in [0.5, 0.6) is 0 Å². The molecule has 0 radical (unpaired) electrons. The van der Waals surface area contributed by atoms with E-state index >= 15 is 0 Å². The molecule has 0 saturated carbocycles. The van der Waals surface area contributed by atoms with Crippen LogP contribution in [-0.2, 0) is 41.1 Å². The van der Waals surface area contributed by atoms with E-state index < -0.39 is 35.3 Å². The van der Waals surface area contributed by atoms with Crippen molar-refractivity contribution in [3.8, 4) is 0 Å². The molecule has 8 aromatic carbocycles. The highest BCUT2D eigenvalue weighted by molar-refractivity contribution is 7.95. The summed E-state index contributed by atoms with van der Waals surface area (Å²) < 4.78 is 52.5. The summed E-state index contributed by atoms with van der Waals surface area (Å²) in [5.74, 6) is 0. The molecule has 8 aromatic rings. The number of hydrogen-bond donors (Lipinski definition) is 0. The van der Waals surface area contributed by atoms with Gasteiger partial charge in [0.1, 0.15) is 46.4 Å². The first kappa shape index (κ1) is 45.9. The van der Waals surface area contributed by atoms with Crippen molar-refractivity contribution >= 4 is 67.2 Å². The van der Waals surface area contributed by atoms with E-state index in [1.165, 1.54) is 43.0 Å². The molecule has 0 heterocycles. The lowest BCUT2D eigenvalue weighted by atomic mass is 10.2. The van der Waals surface area contributed by atoms with Crippen molar-refractivity contribution in [1.29, 1.82) is 0 Å². The minimum atomic E-state index is -5.46. The maximum absolute atomic E-state index is 9.68. The lowest BCUT2D eigenvalue weighted by molar-refractivity contribution is -0.636. The van der Waals surface area contributed by atoms with Gasteiger partial charge in [-0.2, -0.15) is 8.42 Å². The Morgan fingerprint density at radius 2 is 0.532 bits per heavy atom. The van der Waals surface area contributed by atoms with Crippen LogP contribution in [0.1, 0.15) is 11.1 Å². The molecule has 0 amide bonds. The van der Waals surface area contributed by atoms with Crippen LogP contribution < -0.4 is 37.1 Å². The van der Waals surface area contributed by atoms with Crippen LogP contribution in [0.15, 0.2) is 243 Å². The van der Waals surface area contributed by atoms with E-state index in [1.54, 1.807) is 0 Å². The van der Waals surface area contributed by atoms with Gasteiger partial charge in [-0.05, 0) is 83.9 Å². The Labute approximate surface area is 366 Å².